The number of aryl methyl sites for hydroxylation is 2. The number of ether oxygens (including phenoxy) is 2. The van der Waals surface area contributed by atoms with E-state index >= 15 is 0 Å². The summed E-state index contributed by atoms with van der Waals surface area (Å²) in [5.41, 5.74) is 4.54. The standard InChI is InChI=1S/C30H34O4/c1-19-9-15-25(23(17-19)29(3,4)5)33-27(31)21-11-13-22(14-12-21)28(32)34-26-16-10-20(2)18-24(26)30(6,7)8/h9-18H,1-8H3. The van der Waals surface area contributed by atoms with Crippen LogP contribution in [0.3, 0.4) is 0 Å². The largest absolute Gasteiger partial charge is 0.423 e. The molecule has 0 atom stereocenters. The molecule has 0 aliphatic rings. The quantitative estimate of drug-likeness (QED) is 0.303. The summed E-state index contributed by atoms with van der Waals surface area (Å²) in [5, 5.41) is 0. The Labute approximate surface area is 202 Å². The molecule has 4 heteroatoms. The maximum atomic E-state index is 12.8. The highest BCUT2D eigenvalue weighted by molar-refractivity contribution is 5.95. The Hall–Kier alpha value is -3.40. The molecule has 0 saturated heterocycles. The van der Waals surface area contributed by atoms with Gasteiger partial charge in [-0.3, -0.25) is 0 Å². The van der Waals surface area contributed by atoms with Gasteiger partial charge in [-0.25, -0.2) is 9.59 Å². The van der Waals surface area contributed by atoms with Crippen LogP contribution in [0.25, 0.3) is 0 Å². The van der Waals surface area contributed by atoms with E-state index in [2.05, 4.69) is 41.5 Å². The van der Waals surface area contributed by atoms with Crippen LogP contribution in [0.5, 0.6) is 11.5 Å². The van der Waals surface area contributed by atoms with Gasteiger partial charge < -0.3 is 9.47 Å². The first-order valence-electron chi connectivity index (χ1n) is 11.5. The first-order valence-corrected chi connectivity index (χ1v) is 11.5. The molecule has 4 nitrogen and oxygen atoms in total. The smallest absolute Gasteiger partial charge is 0.343 e. The fraction of sp³-hybridized carbons (Fsp3) is 0.333. The van der Waals surface area contributed by atoms with Gasteiger partial charge in [0.2, 0.25) is 0 Å². The van der Waals surface area contributed by atoms with Gasteiger partial charge in [0.1, 0.15) is 11.5 Å². The minimum absolute atomic E-state index is 0.170. The predicted octanol–water partition coefficient (Wildman–Crippen LogP) is 7.34. The second-order valence-electron chi connectivity index (χ2n) is 10.9. The van der Waals surface area contributed by atoms with Gasteiger partial charge in [-0.15, -0.1) is 0 Å². The summed E-state index contributed by atoms with van der Waals surface area (Å²) in [6.45, 7) is 16.5. The van der Waals surface area contributed by atoms with E-state index < -0.39 is 11.9 Å². The highest BCUT2D eigenvalue weighted by Crippen LogP contribution is 2.34. The second kappa shape index (κ2) is 9.46. The van der Waals surface area contributed by atoms with E-state index in [9.17, 15) is 9.59 Å². The summed E-state index contributed by atoms with van der Waals surface area (Å²) in [7, 11) is 0. The van der Waals surface area contributed by atoms with Crippen molar-refractivity contribution in [2.24, 2.45) is 0 Å². The molecule has 0 heterocycles. The molecule has 0 unspecified atom stereocenters. The Morgan fingerprint density at radius 1 is 0.559 bits per heavy atom. The van der Waals surface area contributed by atoms with Crippen LogP contribution in [0.15, 0.2) is 60.7 Å². The van der Waals surface area contributed by atoms with Crippen molar-refractivity contribution in [3.05, 3.63) is 94.0 Å². The lowest BCUT2D eigenvalue weighted by atomic mass is 9.85. The summed E-state index contributed by atoms with van der Waals surface area (Å²) >= 11 is 0. The SMILES string of the molecule is Cc1ccc(OC(=O)c2ccc(C(=O)Oc3ccc(C)cc3C(C)(C)C)cc2)c(C(C)(C)C)c1. The molecule has 0 aromatic heterocycles. The van der Waals surface area contributed by atoms with Crippen molar-refractivity contribution in [3.63, 3.8) is 0 Å². The number of benzene rings is 3. The lowest BCUT2D eigenvalue weighted by molar-refractivity contribution is 0.0717. The third-order valence-electron chi connectivity index (χ3n) is 5.65. The number of carbonyl (C=O) groups is 2. The van der Waals surface area contributed by atoms with Gasteiger partial charge >= 0.3 is 11.9 Å². The van der Waals surface area contributed by atoms with Gasteiger partial charge in [-0.1, -0.05) is 76.9 Å². The number of rotatable bonds is 4. The number of esters is 2. The summed E-state index contributed by atoms with van der Waals surface area (Å²) in [6.07, 6.45) is 0. The van der Waals surface area contributed by atoms with Gasteiger partial charge in [-0.05, 0) is 61.1 Å². The van der Waals surface area contributed by atoms with Crippen LogP contribution in [0.4, 0.5) is 0 Å². The highest BCUT2D eigenvalue weighted by Gasteiger charge is 2.23. The molecule has 0 spiro atoms. The van der Waals surface area contributed by atoms with Crippen molar-refractivity contribution >= 4 is 11.9 Å². The van der Waals surface area contributed by atoms with Gasteiger partial charge in [0.15, 0.2) is 0 Å². The van der Waals surface area contributed by atoms with Gasteiger partial charge in [0.25, 0.3) is 0 Å². The van der Waals surface area contributed by atoms with Crippen molar-refractivity contribution in [2.45, 2.75) is 66.2 Å². The maximum absolute atomic E-state index is 12.8. The van der Waals surface area contributed by atoms with E-state index in [-0.39, 0.29) is 10.8 Å². The van der Waals surface area contributed by atoms with E-state index in [0.717, 1.165) is 22.3 Å². The molecule has 0 saturated carbocycles. The zero-order valence-corrected chi connectivity index (χ0v) is 21.4. The molecule has 3 aromatic carbocycles. The monoisotopic (exact) mass is 458 g/mol. The molecule has 178 valence electrons. The molecule has 0 bridgehead atoms. The predicted molar refractivity (Wildman–Crippen MR) is 136 cm³/mol. The van der Waals surface area contributed by atoms with Crippen molar-refractivity contribution < 1.29 is 19.1 Å². The molecule has 0 N–H and O–H groups in total. The molecule has 0 radical (unpaired) electrons. The minimum atomic E-state index is -0.470. The Morgan fingerprint density at radius 2 is 0.882 bits per heavy atom. The molecular formula is C30H34O4. The van der Waals surface area contributed by atoms with Crippen LogP contribution in [0, 0.1) is 13.8 Å². The van der Waals surface area contributed by atoms with E-state index in [1.807, 2.05) is 50.2 Å². The third kappa shape index (κ3) is 5.93. The van der Waals surface area contributed by atoms with E-state index in [4.69, 9.17) is 9.47 Å². The van der Waals surface area contributed by atoms with Crippen LogP contribution >= 0.6 is 0 Å². The topological polar surface area (TPSA) is 52.6 Å². The lowest BCUT2D eigenvalue weighted by Gasteiger charge is -2.23. The number of hydrogen-bond donors (Lipinski definition) is 0. The van der Waals surface area contributed by atoms with Crippen molar-refractivity contribution in [2.75, 3.05) is 0 Å². The molecule has 0 aliphatic heterocycles. The average molecular weight is 459 g/mol. The molecule has 3 rings (SSSR count). The lowest BCUT2D eigenvalue weighted by Crippen LogP contribution is -2.17. The summed E-state index contributed by atoms with van der Waals surface area (Å²) in [6, 6.07) is 17.9. The fourth-order valence-electron chi connectivity index (χ4n) is 3.70. The van der Waals surface area contributed by atoms with Crippen LogP contribution < -0.4 is 9.47 Å². The molecule has 3 aromatic rings. The van der Waals surface area contributed by atoms with E-state index in [0.29, 0.717) is 22.6 Å². The minimum Gasteiger partial charge on any atom is -0.423 e. The molecule has 34 heavy (non-hydrogen) atoms. The van der Waals surface area contributed by atoms with Crippen LogP contribution in [0.1, 0.15) is 84.5 Å². The average Bonchev–Trinajstić information content (AvgIpc) is 2.74. The molecule has 0 aliphatic carbocycles. The zero-order chi connectivity index (χ0) is 25.3. The Balaban J connectivity index is 1.78. The first kappa shape index (κ1) is 25.2. The van der Waals surface area contributed by atoms with Crippen LogP contribution in [-0.4, -0.2) is 11.9 Å². The van der Waals surface area contributed by atoms with Crippen LogP contribution in [-0.2, 0) is 10.8 Å². The molecule has 0 amide bonds. The Bertz CT molecular complexity index is 1110. The number of carbonyl (C=O) groups excluding carboxylic acids is 2. The van der Waals surface area contributed by atoms with Crippen LogP contribution in [0.2, 0.25) is 0 Å². The first-order chi connectivity index (χ1) is 15.8. The maximum Gasteiger partial charge on any atom is 0.343 e. The van der Waals surface area contributed by atoms with Crippen molar-refractivity contribution in [1.82, 2.24) is 0 Å². The van der Waals surface area contributed by atoms with E-state index in [1.54, 1.807) is 24.3 Å². The molecule has 0 fully saturated rings. The summed E-state index contributed by atoms with van der Waals surface area (Å²) < 4.78 is 11.4. The van der Waals surface area contributed by atoms with Crippen molar-refractivity contribution in [1.29, 1.82) is 0 Å². The zero-order valence-electron chi connectivity index (χ0n) is 21.4. The van der Waals surface area contributed by atoms with E-state index in [1.165, 1.54) is 0 Å². The second-order valence-corrected chi connectivity index (χ2v) is 10.9. The fourth-order valence-corrected chi connectivity index (χ4v) is 3.70. The van der Waals surface area contributed by atoms with Gasteiger partial charge in [0, 0.05) is 11.1 Å². The molecular weight excluding hydrogens is 424 g/mol. The summed E-state index contributed by atoms with van der Waals surface area (Å²) in [5.74, 6) is 0.145. The highest BCUT2D eigenvalue weighted by atomic mass is 16.5. The third-order valence-corrected chi connectivity index (χ3v) is 5.65. The van der Waals surface area contributed by atoms with Gasteiger partial charge in [-0.2, -0.15) is 0 Å². The normalized spacial score (nSPS) is 11.8. The Morgan fingerprint density at radius 3 is 1.18 bits per heavy atom. The summed E-state index contributed by atoms with van der Waals surface area (Å²) in [4.78, 5) is 25.6. The Kier molecular flexibility index (Phi) is 7.02. The van der Waals surface area contributed by atoms with Crippen molar-refractivity contribution in [3.8, 4) is 11.5 Å². The van der Waals surface area contributed by atoms with Gasteiger partial charge in [0.05, 0.1) is 11.1 Å². The number of hydrogen-bond acceptors (Lipinski definition) is 4.